The number of benzene rings is 2. The molecule has 0 aliphatic carbocycles. The molecule has 8 heteroatoms. The summed E-state index contributed by atoms with van der Waals surface area (Å²) < 4.78 is 1.54. The number of carboxylic acids is 1. The van der Waals surface area contributed by atoms with Crippen LogP contribution in [0, 0.1) is 12.3 Å². The average molecular weight is 463 g/mol. The van der Waals surface area contributed by atoms with Gasteiger partial charge in [-0.1, -0.05) is 63.2 Å². The number of carbonyl (C=O) groups excluding carboxylic acids is 2. The SMILES string of the molecule is Cc1ccccc1[C@H](CC(=O)O)NC(=O)c1cc(N(C)C(=O)C(C)(C)C)n(-c2ccccc2)n1. The Morgan fingerprint density at radius 2 is 1.68 bits per heavy atom. The third kappa shape index (κ3) is 5.51. The van der Waals surface area contributed by atoms with Gasteiger partial charge < -0.3 is 10.4 Å². The van der Waals surface area contributed by atoms with Crippen molar-refractivity contribution < 1.29 is 19.5 Å². The Morgan fingerprint density at radius 1 is 1.06 bits per heavy atom. The molecule has 1 atom stereocenters. The highest BCUT2D eigenvalue weighted by molar-refractivity contribution is 5.98. The standard InChI is InChI=1S/C26H30N4O4/c1-17-11-9-10-14-19(17)20(16-23(31)32)27-24(33)21-15-22(29(5)25(34)26(2,3)4)30(28-21)18-12-7-6-8-13-18/h6-15,20H,16H2,1-5H3,(H,27,33)(H,31,32)/t20-/m0/s1. The molecule has 8 nitrogen and oxygen atoms in total. The molecule has 0 saturated heterocycles. The lowest BCUT2D eigenvalue weighted by Crippen LogP contribution is -2.37. The molecule has 0 spiro atoms. The van der Waals surface area contributed by atoms with Crippen molar-refractivity contribution in [2.24, 2.45) is 5.41 Å². The Balaban J connectivity index is 2.01. The minimum Gasteiger partial charge on any atom is -0.481 e. The van der Waals surface area contributed by atoms with Gasteiger partial charge >= 0.3 is 5.97 Å². The zero-order valence-corrected chi connectivity index (χ0v) is 20.1. The average Bonchev–Trinajstić information content (AvgIpc) is 3.23. The second-order valence-corrected chi connectivity index (χ2v) is 9.23. The zero-order valence-electron chi connectivity index (χ0n) is 20.1. The van der Waals surface area contributed by atoms with E-state index in [1.165, 1.54) is 4.90 Å². The van der Waals surface area contributed by atoms with Crippen molar-refractivity contribution in [3.05, 3.63) is 77.5 Å². The van der Waals surface area contributed by atoms with Crippen molar-refractivity contribution in [3.8, 4) is 5.69 Å². The van der Waals surface area contributed by atoms with Gasteiger partial charge in [0.25, 0.3) is 5.91 Å². The summed E-state index contributed by atoms with van der Waals surface area (Å²) in [6.45, 7) is 7.33. The third-order valence-electron chi connectivity index (χ3n) is 5.46. The Hall–Kier alpha value is -3.94. The molecule has 0 fully saturated rings. The van der Waals surface area contributed by atoms with Crippen LogP contribution in [0.1, 0.15) is 54.8 Å². The second kappa shape index (κ2) is 9.91. The van der Waals surface area contributed by atoms with E-state index in [2.05, 4.69) is 10.4 Å². The van der Waals surface area contributed by atoms with Crippen LogP contribution in [0.2, 0.25) is 0 Å². The van der Waals surface area contributed by atoms with Crippen molar-refractivity contribution in [1.82, 2.24) is 15.1 Å². The molecule has 178 valence electrons. The van der Waals surface area contributed by atoms with Crippen LogP contribution in [0.3, 0.4) is 0 Å². The quantitative estimate of drug-likeness (QED) is 0.549. The van der Waals surface area contributed by atoms with Crippen LogP contribution < -0.4 is 10.2 Å². The fourth-order valence-corrected chi connectivity index (χ4v) is 3.71. The molecule has 1 heterocycles. The van der Waals surface area contributed by atoms with Crippen molar-refractivity contribution in [1.29, 1.82) is 0 Å². The summed E-state index contributed by atoms with van der Waals surface area (Å²) in [5, 5.41) is 16.7. The molecule has 1 aromatic heterocycles. The molecule has 2 aromatic carbocycles. The molecular formula is C26H30N4O4. The molecule has 0 aliphatic rings. The Bertz CT molecular complexity index is 1200. The highest BCUT2D eigenvalue weighted by atomic mass is 16.4. The van der Waals surface area contributed by atoms with E-state index in [0.29, 0.717) is 11.5 Å². The number of para-hydroxylation sites is 1. The fraction of sp³-hybridized carbons (Fsp3) is 0.308. The Labute approximate surface area is 199 Å². The van der Waals surface area contributed by atoms with E-state index in [-0.39, 0.29) is 18.0 Å². The lowest BCUT2D eigenvalue weighted by molar-refractivity contribution is -0.137. The van der Waals surface area contributed by atoms with E-state index in [1.54, 1.807) is 29.9 Å². The van der Waals surface area contributed by atoms with Crippen LogP contribution in [0.25, 0.3) is 5.69 Å². The van der Waals surface area contributed by atoms with Crippen molar-refractivity contribution in [2.45, 2.75) is 40.2 Å². The number of aromatic nitrogens is 2. The van der Waals surface area contributed by atoms with Gasteiger partial charge in [0.2, 0.25) is 5.91 Å². The monoisotopic (exact) mass is 462 g/mol. The van der Waals surface area contributed by atoms with Gasteiger partial charge in [0.15, 0.2) is 5.69 Å². The molecule has 0 aliphatic heterocycles. The molecule has 0 radical (unpaired) electrons. The van der Waals surface area contributed by atoms with Crippen LogP contribution in [0.15, 0.2) is 60.7 Å². The van der Waals surface area contributed by atoms with Crippen LogP contribution in [-0.4, -0.2) is 39.7 Å². The van der Waals surface area contributed by atoms with E-state index >= 15 is 0 Å². The van der Waals surface area contributed by atoms with Crippen molar-refractivity contribution in [2.75, 3.05) is 11.9 Å². The number of aliphatic carboxylic acids is 1. The van der Waals surface area contributed by atoms with Gasteiger partial charge in [-0.2, -0.15) is 5.10 Å². The number of nitrogens with zero attached hydrogens (tertiary/aromatic N) is 3. The number of aryl methyl sites for hydroxylation is 1. The molecular weight excluding hydrogens is 432 g/mol. The van der Waals surface area contributed by atoms with Gasteiger partial charge in [0.05, 0.1) is 18.2 Å². The summed E-state index contributed by atoms with van der Waals surface area (Å²) in [5.41, 5.74) is 1.73. The predicted octanol–water partition coefficient (Wildman–Crippen LogP) is 4.14. The summed E-state index contributed by atoms with van der Waals surface area (Å²) in [6.07, 6.45) is -0.273. The number of hydrogen-bond acceptors (Lipinski definition) is 4. The van der Waals surface area contributed by atoms with Crippen LogP contribution in [0.4, 0.5) is 5.82 Å². The highest BCUT2D eigenvalue weighted by Gasteiger charge is 2.30. The summed E-state index contributed by atoms with van der Waals surface area (Å²) in [6, 6.07) is 17.3. The van der Waals surface area contributed by atoms with Crippen LogP contribution in [0.5, 0.6) is 0 Å². The molecule has 2 amide bonds. The van der Waals surface area contributed by atoms with E-state index in [0.717, 1.165) is 11.1 Å². The molecule has 0 unspecified atom stereocenters. The van der Waals surface area contributed by atoms with Gasteiger partial charge in [-0.25, -0.2) is 4.68 Å². The topological polar surface area (TPSA) is 105 Å². The van der Waals surface area contributed by atoms with E-state index in [9.17, 15) is 19.5 Å². The van der Waals surface area contributed by atoms with Gasteiger partial charge in [-0.05, 0) is 30.2 Å². The van der Waals surface area contributed by atoms with E-state index in [4.69, 9.17) is 0 Å². The minimum absolute atomic E-state index is 0.0800. The molecule has 2 N–H and O–H groups in total. The zero-order chi connectivity index (χ0) is 25.0. The molecule has 0 saturated carbocycles. The first kappa shape index (κ1) is 24.7. The maximum atomic E-state index is 13.2. The summed E-state index contributed by atoms with van der Waals surface area (Å²) in [4.78, 5) is 39.2. The van der Waals surface area contributed by atoms with E-state index < -0.39 is 23.3 Å². The van der Waals surface area contributed by atoms with Gasteiger partial charge in [-0.3, -0.25) is 19.3 Å². The first-order valence-electron chi connectivity index (χ1n) is 11.0. The van der Waals surface area contributed by atoms with Crippen molar-refractivity contribution in [3.63, 3.8) is 0 Å². The Morgan fingerprint density at radius 3 is 2.26 bits per heavy atom. The lowest BCUT2D eigenvalue weighted by atomic mass is 9.95. The van der Waals surface area contributed by atoms with E-state index in [1.807, 2.05) is 70.2 Å². The second-order valence-electron chi connectivity index (χ2n) is 9.23. The summed E-state index contributed by atoms with van der Waals surface area (Å²) >= 11 is 0. The van der Waals surface area contributed by atoms with Gasteiger partial charge in [0.1, 0.15) is 5.82 Å². The van der Waals surface area contributed by atoms with Crippen LogP contribution in [-0.2, 0) is 9.59 Å². The molecule has 34 heavy (non-hydrogen) atoms. The number of hydrogen-bond donors (Lipinski definition) is 2. The van der Waals surface area contributed by atoms with Crippen LogP contribution >= 0.6 is 0 Å². The number of amides is 2. The number of carboxylic acid groups (broad SMARTS) is 1. The Kier molecular flexibility index (Phi) is 7.20. The van der Waals surface area contributed by atoms with Gasteiger partial charge in [0, 0.05) is 18.5 Å². The third-order valence-corrected chi connectivity index (χ3v) is 5.46. The largest absolute Gasteiger partial charge is 0.481 e. The number of anilines is 1. The number of carbonyl (C=O) groups is 3. The highest BCUT2D eigenvalue weighted by Crippen LogP contribution is 2.26. The summed E-state index contributed by atoms with van der Waals surface area (Å²) in [5.74, 6) is -1.26. The number of nitrogens with one attached hydrogen (secondary N) is 1. The molecule has 3 rings (SSSR count). The smallest absolute Gasteiger partial charge is 0.305 e. The fourth-order valence-electron chi connectivity index (χ4n) is 3.71. The van der Waals surface area contributed by atoms with Crippen molar-refractivity contribution >= 4 is 23.6 Å². The minimum atomic E-state index is -1.03. The number of rotatable bonds is 7. The first-order valence-corrected chi connectivity index (χ1v) is 11.0. The first-order chi connectivity index (χ1) is 16.0. The predicted molar refractivity (Wildman–Crippen MR) is 130 cm³/mol. The maximum absolute atomic E-state index is 13.2. The maximum Gasteiger partial charge on any atom is 0.305 e. The molecule has 0 bridgehead atoms. The summed E-state index contributed by atoms with van der Waals surface area (Å²) in [7, 11) is 1.65. The molecule has 3 aromatic rings. The lowest BCUT2D eigenvalue weighted by Gasteiger charge is -2.26. The normalized spacial score (nSPS) is 12.1. The van der Waals surface area contributed by atoms with Gasteiger partial charge in [-0.15, -0.1) is 0 Å².